The Kier molecular flexibility index (Phi) is 5.13. The molecule has 0 fully saturated rings. The molecule has 2 aromatic carbocycles. The number of para-hydroxylation sites is 3. The van der Waals surface area contributed by atoms with Gasteiger partial charge in [-0.2, -0.15) is 0 Å². The Balaban J connectivity index is 1.65. The quantitative estimate of drug-likeness (QED) is 0.292. The van der Waals surface area contributed by atoms with E-state index in [0.29, 0.717) is 5.69 Å². The fourth-order valence-corrected chi connectivity index (χ4v) is 2.65. The van der Waals surface area contributed by atoms with Crippen molar-refractivity contribution < 1.29 is 19.2 Å². The van der Waals surface area contributed by atoms with Gasteiger partial charge in [0.05, 0.1) is 16.4 Å². The van der Waals surface area contributed by atoms with Gasteiger partial charge in [0, 0.05) is 6.07 Å². The molecule has 0 aliphatic carbocycles. The first-order valence-corrected chi connectivity index (χ1v) is 8.31. The highest BCUT2D eigenvalue weighted by Gasteiger charge is 2.20. The second kappa shape index (κ2) is 7.66. The molecule has 0 saturated heterocycles. The molecule has 0 radical (unpaired) electrons. The Bertz CT molecular complexity index is 959. The molecule has 0 atom stereocenters. The van der Waals surface area contributed by atoms with Gasteiger partial charge in [-0.15, -0.1) is 10.2 Å². The van der Waals surface area contributed by atoms with Crippen molar-refractivity contribution in [1.82, 2.24) is 10.2 Å². The van der Waals surface area contributed by atoms with Gasteiger partial charge >= 0.3 is 0 Å². The van der Waals surface area contributed by atoms with Gasteiger partial charge in [-0.3, -0.25) is 14.9 Å². The number of nitrogens with one attached hydrogen (secondary N) is 1. The third kappa shape index (κ3) is 3.98. The number of carbonyl (C=O) groups is 1. The van der Waals surface area contributed by atoms with Crippen LogP contribution in [0.2, 0.25) is 0 Å². The van der Waals surface area contributed by atoms with Gasteiger partial charge in [-0.1, -0.05) is 36.0 Å². The van der Waals surface area contributed by atoms with Gasteiger partial charge in [0.2, 0.25) is 5.91 Å². The zero-order valence-corrected chi connectivity index (χ0v) is 14.0. The lowest BCUT2D eigenvalue weighted by molar-refractivity contribution is -0.384. The summed E-state index contributed by atoms with van der Waals surface area (Å²) in [6.45, 7) is 0. The molecule has 1 amide bonds. The number of nitro benzene ring substituents is 1. The monoisotopic (exact) mass is 372 g/mol. The molecule has 1 aromatic heterocycles. The van der Waals surface area contributed by atoms with Crippen LogP contribution in [0.4, 0.5) is 11.4 Å². The van der Waals surface area contributed by atoms with Gasteiger partial charge in [0.15, 0.2) is 0 Å². The average molecular weight is 372 g/mol. The molecule has 1 heterocycles. The molecule has 0 saturated carbocycles. The molecule has 9 nitrogen and oxygen atoms in total. The van der Waals surface area contributed by atoms with Gasteiger partial charge in [0.1, 0.15) is 11.3 Å². The number of amides is 1. The summed E-state index contributed by atoms with van der Waals surface area (Å²) in [5, 5.41) is 30.9. The Hall–Kier alpha value is -3.40. The van der Waals surface area contributed by atoms with E-state index in [-0.39, 0.29) is 39.8 Å². The SMILES string of the molecule is O=C(CSc1nnc(-c2ccccc2[N+](=O)[O-])o1)Nc1ccccc1O. The maximum absolute atomic E-state index is 11.9. The molecular formula is C16H12N4O5S. The van der Waals surface area contributed by atoms with Gasteiger partial charge < -0.3 is 14.8 Å². The van der Waals surface area contributed by atoms with Crippen molar-refractivity contribution in [2.75, 3.05) is 11.1 Å². The second-order valence-corrected chi connectivity index (χ2v) is 5.93. The number of benzene rings is 2. The second-order valence-electron chi connectivity index (χ2n) is 5.00. The summed E-state index contributed by atoms with van der Waals surface area (Å²) in [6, 6.07) is 12.4. The highest BCUT2D eigenvalue weighted by molar-refractivity contribution is 7.99. The summed E-state index contributed by atoms with van der Waals surface area (Å²) in [5.41, 5.74) is 0.352. The van der Waals surface area contributed by atoms with Crippen LogP contribution in [0.15, 0.2) is 58.2 Å². The van der Waals surface area contributed by atoms with Crippen LogP contribution in [0, 0.1) is 10.1 Å². The zero-order chi connectivity index (χ0) is 18.5. The summed E-state index contributed by atoms with van der Waals surface area (Å²) in [5.74, 6) is -0.447. The molecule has 3 rings (SSSR count). The molecule has 132 valence electrons. The highest BCUT2D eigenvalue weighted by atomic mass is 32.2. The number of aromatic hydroxyl groups is 1. The van der Waals surface area contributed by atoms with E-state index in [1.165, 1.54) is 24.3 Å². The van der Waals surface area contributed by atoms with Crippen molar-refractivity contribution in [2.24, 2.45) is 0 Å². The van der Waals surface area contributed by atoms with Crippen molar-refractivity contribution in [1.29, 1.82) is 0 Å². The first-order valence-electron chi connectivity index (χ1n) is 7.32. The van der Waals surface area contributed by atoms with Crippen molar-refractivity contribution in [3.05, 3.63) is 58.6 Å². The van der Waals surface area contributed by atoms with E-state index in [1.54, 1.807) is 24.3 Å². The molecule has 0 aliphatic heterocycles. The predicted molar refractivity (Wildman–Crippen MR) is 93.8 cm³/mol. The number of hydrogen-bond donors (Lipinski definition) is 2. The van der Waals surface area contributed by atoms with E-state index >= 15 is 0 Å². The summed E-state index contributed by atoms with van der Waals surface area (Å²) < 4.78 is 5.39. The predicted octanol–water partition coefficient (Wildman–Crippen LogP) is 3.08. The van der Waals surface area contributed by atoms with E-state index in [4.69, 9.17) is 4.42 Å². The maximum atomic E-state index is 11.9. The third-order valence-electron chi connectivity index (χ3n) is 3.24. The van der Waals surface area contributed by atoms with E-state index < -0.39 is 4.92 Å². The van der Waals surface area contributed by atoms with Crippen LogP contribution in [-0.4, -0.2) is 31.9 Å². The first kappa shape index (κ1) is 17.4. The number of carbonyl (C=O) groups excluding carboxylic acids is 1. The Morgan fingerprint density at radius 2 is 1.92 bits per heavy atom. The summed E-state index contributed by atoms with van der Waals surface area (Å²) in [7, 11) is 0. The number of nitro groups is 1. The van der Waals surface area contributed by atoms with Gasteiger partial charge in [0.25, 0.3) is 16.8 Å². The van der Waals surface area contributed by atoms with Crippen molar-refractivity contribution in [2.45, 2.75) is 5.22 Å². The Morgan fingerprint density at radius 3 is 2.69 bits per heavy atom. The lowest BCUT2D eigenvalue weighted by Crippen LogP contribution is -2.14. The van der Waals surface area contributed by atoms with Crippen molar-refractivity contribution in [3.8, 4) is 17.2 Å². The largest absolute Gasteiger partial charge is 0.506 e. The minimum atomic E-state index is -0.536. The van der Waals surface area contributed by atoms with Crippen molar-refractivity contribution in [3.63, 3.8) is 0 Å². The number of nitrogens with zero attached hydrogens (tertiary/aromatic N) is 3. The molecule has 0 aliphatic rings. The summed E-state index contributed by atoms with van der Waals surface area (Å²) >= 11 is 0.980. The van der Waals surface area contributed by atoms with Crippen LogP contribution in [0.3, 0.4) is 0 Å². The Labute approximate surface area is 151 Å². The number of phenols is 1. The maximum Gasteiger partial charge on any atom is 0.282 e. The number of phenolic OH excluding ortho intramolecular Hbond substituents is 1. The van der Waals surface area contributed by atoms with Crippen LogP contribution < -0.4 is 5.32 Å². The molecule has 0 bridgehead atoms. The standard InChI is InChI=1S/C16H12N4O5S/c21-13-8-4-2-6-11(13)17-14(22)9-26-16-19-18-15(25-16)10-5-1-3-7-12(10)20(23)24/h1-8,21H,9H2,(H,17,22). The summed E-state index contributed by atoms with van der Waals surface area (Å²) in [4.78, 5) is 22.5. The van der Waals surface area contributed by atoms with Gasteiger partial charge in [-0.05, 0) is 18.2 Å². The molecule has 2 N–H and O–H groups in total. The van der Waals surface area contributed by atoms with Crippen molar-refractivity contribution >= 4 is 29.0 Å². The van der Waals surface area contributed by atoms with E-state index in [9.17, 15) is 20.0 Å². The number of anilines is 1. The van der Waals surface area contributed by atoms with Gasteiger partial charge in [-0.25, -0.2) is 0 Å². The molecule has 0 unspecified atom stereocenters. The Morgan fingerprint density at radius 1 is 1.19 bits per heavy atom. The molecule has 0 spiro atoms. The molecule has 10 heteroatoms. The van der Waals surface area contributed by atoms with Crippen LogP contribution in [0.1, 0.15) is 0 Å². The molecule has 3 aromatic rings. The normalized spacial score (nSPS) is 10.5. The topological polar surface area (TPSA) is 131 Å². The van der Waals surface area contributed by atoms with Crippen LogP contribution in [-0.2, 0) is 4.79 Å². The number of aromatic nitrogens is 2. The fraction of sp³-hybridized carbons (Fsp3) is 0.0625. The molecule has 26 heavy (non-hydrogen) atoms. The number of rotatable bonds is 6. The summed E-state index contributed by atoms with van der Waals surface area (Å²) in [6.07, 6.45) is 0. The lowest BCUT2D eigenvalue weighted by Gasteiger charge is -2.05. The zero-order valence-electron chi connectivity index (χ0n) is 13.2. The van der Waals surface area contributed by atoms with Crippen LogP contribution >= 0.6 is 11.8 Å². The minimum Gasteiger partial charge on any atom is -0.506 e. The average Bonchev–Trinajstić information content (AvgIpc) is 3.11. The minimum absolute atomic E-state index is 0.000844. The smallest absolute Gasteiger partial charge is 0.282 e. The molecular weight excluding hydrogens is 360 g/mol. The van der Waals surface area contributed by atoms with Crippen LogP contribution in [0.5, 0.6) is 5.75 Å². The lowest BCUT2D eigenvalue weighted by atomic mass is 10.2. The fourth-order valence-electron chi connectivity index (χ4n) is 2.08. The first-order chi connectivity index (χ1) is 12.5. The van der Waals surface area contributed by atoms with E-state index in [1.807, 2.05) is 0 Å². The number of thioether (sulfide) groups is 1. The highest BCUT2D eigenvalue weighted by Crippen LogP contribution is 2.30. The van der Waals surface area contributed by atoms with E-state index in [0.717, 1.165) is 11.8 Å². The van der Waals surface area contributed by atoms with E-state index in [2.05, 4.69) is 15.5 Å². The third-order valence-corrected chi connectivity index (χ3v) is 4.06. The van der Waals surface area contributed by atoms with Crippen LogP contribution in [0.25, 0.3) is 11.5 Å². The number of hydrogen-bond acceptors (Lipinski definition) is 8.